The summed E-state index contributed by atoms with van der Waals surface area (Å²) in [4.78, 5) is 12.1. The molecule has 4 N–H and O–H groups in total. The maximum Gasteiger partial charge on any atom is 0.255 e. The van der Waals surface area contributed by atoms with Crippen LogP contribution in [-0.2, 0) is 0 Å². The molecule has 0 saturated carbocycles. The molecule has 0 aliphatic rings. The SMILES string of the molecule is Cc1cccc(NC(=O)c2cc(Cl)c(N)c(Cl)c2)c1O. The van der Waals surface area contributed by atoms with Crippen molar-refractivity contribution in [3.63, 3.8) is 0 Å². The number of aryl methyl sites for hydroxylation is 1. The number of para-hydroxylation sites is 1. The average molecular weight is 311 g/mol. The first-order chi connectivity index (χ1) is 9.40. The topological polar surface area (TPSA) is 75.4 Å². The second-order valence-electron chi connectivity index (χ2n) is 4.28. The highest BCUT2D eigenvalue weighted by atomic mass is 35.5. The van der Waals surface area contributed by atoms with Gasteiger partial charge in [0.2, 0.25) is 0 Å². The molecule has 2 aromatic carbocycles. The molecule has 0 heterocycles. The van der Waals surface area contributed by atoms with Crippen molar-refractivity contribution in [3.8, 4) is 5.75 Å². The average Bonchev–Trinajstić information content (AvgIpc) is 2.40. The summed E-state index contributed by atoms with van der Waals surface area (Å²) < 4.78 is 0. The summed E-state index contributed by atoms with van der Waals surface area (Å²) in [7, 11) is 0. The van der Waals surface area contributed by atoms with Gasteiger partial charge in [0.15, 0.2) is 0 Å². The Morgan fingerprint density at radius 2 is 1.85 bits per heavy atom. The molecule has 0 aromatic heterocycles. The fraction of sp³-hybridized carbons (Fsp3) is 0.0714. The van der Waals surface area contributed by atoms with Crippen molar-refractivity contribution in [2.45, 2.75) is 6.92 Å². The highest BCUT2D eigenvalue weighted by molar-refractivity contribution is 6.39. The number of hydrogen-bond donors (Lipinski definition) is 3. The lowest BCUT2D eigenvalue weighted by molar-refractivity contribution is 0.102. The van der Waals surface area contributed by atoms with Gasteiger partial charge in [-0.3, -0.25) is 4.79 Å². The number of nitrogens with two attached hydrogens (primary N) is 1. The van der Waals surface area contributed by atoms with Crippen LogP contribution in [0, 0.1) is 6.92 Å². The van der Waals surface area contributed by atoms with Crippen LogP contribution >= 0.6 is 23.2 Å². The lowest BCUT2D eigenvalue weighted by Gasteiger charge is -2.10. The molecule has 0 aliphatic heterocycles. The van der Waals surface area contributed by atoms with Crippen LogP contribution in [0.4, 0.5) is 11.4 Å². The van der Waals surface area contributed by atoms with E-state index in [-0.39, 0.29) is 27.0 Å². The Bertz CT molecular complexity index is 664. The van der Waals surface area contributed by atoms with Crippen molar-refractivity contribution in [1.29, 1.82) is 0 Å². The molecule has 20 heavy (non-hydrogen) atoms. The van der Waals surface area contributed by atoms with Crippen LogP contribution in [0.15, 0.2) is 30.3 Å². The van der Waals surface area contributed by atoms with Crippen molar-refractivity contribution in [3.05, 3.63) is 51.5 Å². The highest BCUT2D eigenvalue weighted by Gasteiger charge is 2.13. The number of hydrogen-bond acceptors (Lipinski definition) is 3. The van der Waals surface area contributed by atoms with E-state index in [1.54, 1.807) is 25.1 Å². The molecule has 2 rings (SSSR count). The van der Waals surface area contributed by atoms with Crippen molar-refractivity contribution in [1.82, 2.24) is 0 Å². The van der Waals surface area contributed by atoms with Crippen LogP contribution < -0.4 is 11.1 Å². The van der Waals surface area contributed by atoms with Crippen LogP contribution in [0.2, 0.25) is 10.0 Å². The molecule has 6 heteroatoms. The van der Waals surface area contributed by atoms with Crippen molar-refractivity contribution < 1.29 is 9.90 Å². The number of aromatic hydroxyl groups is 1. The maximum absolute atomic E-state index is 12.1. The molecule has 104 valence electrons. The van der Waals surface area contributed by atoms with Gasteiger partial charge in [-0.25, -0.2) is 0 Å². The summed E-state index contributed by atoms with van der Waals surface area (Å²) in [5, 5.41) is 12.9. The van der Waals surface area contributed by atoms with Gasteiger partial charge in [-0.15, -0.1) is 0 Å². The number of carbonyl (C=O) groups excluding carboxylic acids is 1. The zero-order valence-corrected chi connectivity index (χ0v) is 12.1. The van der Waals surface area contributed by atoms with Gasteiger partial charge < -0.3 is 16.2 Å². The lowest BCUT2D eigenvalue weighted by Crippen LogP contribution is -2.12. The van der Waals surface area contributed by atoms with Crippen LogP contribution in [-0.4, -0.2) is 11.0 Å². The second-order valence-corrected chi connectivity index (χ2v) is 5.09. The Hall–Kier alpha value is -1.91. The standard InChI is InChI=1S/C14H12Cl2N2O2/c1-7-3-2-4-11(13(7)19)18-14(20)8-5-9(15)12(17)10(16)6-8/h2-6,19H,17H2,1H3,(H,18,20). The molecular formula is C14H12Cl2N2O2. The number of phenols is 1. The third kappa shape index (κ3) is 2.81. The van der Waals surface area contributed by atoms with E-state index in [0.717, 1.165) is 0 Å². The minimum atomic E-state index is -0.435. The molecular weight excluding hydrogens is 299 g/mol. The van der Waals surface area contributed by atoms with Crippen LogP contribution in [0.25, 0.3) is 0 Å². The zero-order chi connectivity index (χ0) is 14.9. The highest BCUT2D eigenvalue weighted by Crippen LogP contribution is 2.30. The fourth-order valence-corrected chi connectivity index (χ4v) is 2.16. The molecule has 2 aromatic rings. The fourth-order valence-electron chi connectivity index (χ4n) is 1.67. The normalized spacial score (nSPS) is 10.3. The van der Waals surface area contributed by atoms with Gasteiger partial charge in [0, 0.05) is 5.56 Å². The molecule has 0 bridgehead atoms. The van der Waals surface area contributed by atoms with E-state index in [1.165, 1.54) is 12.1 Å². The van der Waals surface area contributed by atoms with Gasteiger partial charge in [-0.2, -0.15) is 0 Å². The summed E-state index contributed by atoms with van der Waals surface area (Å²) in [6.07, 6.45) is 0. The first-order valence-corrected chi connectivity index (χ1v) is 6.50. The Kier molecular flexibility index (Phi) is 4.06. The smallest absolute Gasteiger partial charge is 0.255 e. The molecule has 0 fully saturated rings. The summed E-state index contributed by atoms with van der Waals surface area (Å²) in [6, 6.07) is 7.91. The van der Waals surface area contributed by atoms with Gasteiger partial charge in [-0.05, 0) is 30.7 Å². The third-order valence-electron chi connectivity index (χ3n) is 2.83. The first-order valence-electron chi connectivity index (χ1n) is 5.74. The summed E-state index contributed by atoms with van der Waals surface area (Å²) in [5.74, 6) is -0.414. The van der Waals surface area contributed by atoms with E-state index < -0.39 is 5.91 Å². The van der Waals surface area contributed by atoms with Gasteiger partial charge in [0.05, 0.1) is 21.4 Å². The number of rotatable bonds is 2. The van der Waals surface area contributed by atoms with E-state index in [9.17, 15) is 9.90 Å². The minimum Gasteiger partial charge on any atom is -0.505 e. The van der Waals surface area contributed by atoms with E-state index in [1.807, 2.05) is 0 Å². The Morgan fingerprint density at radius 1 is 1.25 bits per heavy atom. The van der Waals surface area contributed by atoms with Crippen LogP contribution in [0.3, 0.4) is 0 Å². The van der Waals surface area contributed by atoms with Gasteiger partial charge >= 0.3 is 0 Å². The Morgan fingerprint density at radius 3 is 2.45 bits per heavy atom. The predicted molar refractivity (Wildman–Crippen MR) is 81.7 cm³/mol. The van der Waals surface area contributed by atoms with Gasteiger partial charge in [0.1, 0.15) is 5.75 Å². The molecule has 0 unspecified atom stereocenters. The zero-order valence-electron chi connectivity index (χ0n) is 10.6. The van der Waals surface area contributed by atoms with Crippen molar-refractivity contribution in [2.75, 3.05) is 11.1 Å². The summed E-state index contributed by atoms with van der Waals surface area (Å²) in [5.41, 5.74) is 7.08. The predicted octanol–water partition coefficient (Wildman–Crippen LogP) is 3.84. The first kappa shape index (κ1) is 14.5. The van der Waals surface area contributed by atoms with Crippen LogP contribution in [0.5, 0.6) is 5.75 Å². The quantitative estimate of drug-likeness (QED) is 0.582. The molecule has 0 spiro atoms. The monoisotopic (exact) mass is 310 g/mol. The number of benzene rings is 2. The van der Waals surface area contributed by atoms with Crippen molar-refractivity contribution in [2.24, 2.45) is 0 Å². The third-order valence-corrected chi connectivity index (χ3v) is 3.45. The van der Waals surface area contributed by atoms with Crippen LogP contribution in [0.1, 0.15) is 15.9 Å². The van der Waals surface area contributed by atoms with Gasteiger partial charge in [0.25, 0.3) is 5.91 Å². The number of nitrogen functional groups attached to an aromatic ring is 1. The number of carbonyl (C=O) groups is 1. The largest absolute Gasteiger partial charge is 0.505 e. The number of nitrogens with one attached hydrogen (secondary N) is 1. The molecule has 0 atom stereocenters. The van der Waals surface area contributed by atoms with E-state index in [0.29, 0.717) is 11.3 Å². The molecule has 0 radical (unpaired) electrons. The maximum atomic E-state index is 12.1. The number of amides is 1. The molecule has 1 amide bonds. The second kappa shape index (κ2) is 5.61. The van der Waals surface area contributed by atoms with Gasteiger partial charge in [-0.1, -0.05) is 35.3 Å². The summed E-state index contributed by atoms with van der Waals surface area (Å²) in [6.45, 7) is 1.74. The minimum absolute atomic E-state index is 0.0217. The molecule has 0 saturated heterocycles. The summed E-state index contributed by atoms with van der Waals surface area (Å²) >= 11 is 11.8. The number of anilines is 2. The van der Waals surface area contributed by atoms with Crippen molar-refractivity contribution >= 4 is 40.5 Å². The van der Waals surface area contributed by atoms with E-state index >= 15 is 0 Å². The van der Waals surface area contributed by atoms with E-state index in [4.69, 9.17) is 28.9 Å². The lowest BCUT2D eigenvalue weighted by atomic mass is 10.1. The Labute approximate surface area is 126 Å². The number of halogens is 2. The molecule has 4 nitrogen and oxygen atoms in total. The van der Waals surface area contributed by atoms with E-state index in [2.05, 4.69) is 5.32 Å². The molecule has 0 aliphatic carbocycles. The Balaban J connectivity index is 2.31. The number of phenolic OH excluding ortho intramolecular Hbond substituents is 1.